The van der Waals surface area contributed by atoms with E-state index in [-0.39, 0.29) is 24.7 Å². The molecular formula is C8H14N2O3. The van der Waals surface area contributed by atoms with E-state index < -0.39 is 0 Å². The number of ether oxygens (including phenoxy) is 1. The van der Waals surface area contributed by atoms with Crippen LogP contribution in [0.5, 0.6) is 0 Å². The first-order chi connectivity index (χ1) is 6.29. The summed E-state index contributed by atoms with van der Waals surface area (Å²) in [4.78, 5) is 16.1. The molecule has 0 unspecified atom stereocenters. The van der Waals surface area contributed by atoms with Crippen LogP contribution in [0.4, 0.5) is 0 Å². The number of rotatable bonds is 1. The molecule has 1 amide bonds. The second kappa shape index (κ2) is 3.61. The minimum absolute atomic E-state index is 0.0285. The summed E-state index contributed by atoms with van der Waals surface area (Å²) in [5.41, 5.74) is 0. The fourth-order valence-electron chi connectivity index (χ4n) is 1.84. The van der Waals surface area contributed by atoms with Gasteiger partial charge in [-0.05, 0) is 6.42 Å². The summed E-state index contributed by atoms with van der Waals surface area (Å²) in [5, 5.41) is 4.74. The van der Waals surface area contributed by atoms with Crippen LogP contribution in [0.1, 0.15) is 6.42 Å². The molecule has 0 radical (unpaired) electrons. The molecule has 2 atom stereocenters. The van der Waals surface area contributed by atoms with Gasteiger partial charge < -0.3 is 14.9 Å². The van der Waals surface area contributed by atoms with Crippen LogP contribution in [0.15, 0.2) is 0 Å². The van der Waals surface area contributed by atoms with Crippen molar-refractivity contribution in [3.63, 3.8) is 0 Å². The number of hydrogen-bond acceptors (Lipinski definition) is 4. The van der Waals surface area contributed by atoms with E-state index in [1.165, 1.54) is 0 Å². The maximum Gasteiger partial charge on any atom is 0.246 e. The second-order valence-electron chi connectivity index (χ2n) is 3.38. The molecule has 2 aliphatic rings. The number of piperidine rings is 1. The second-order valence-corrected chi connectivity index (χ2v) is 3.38. The maximum absolute atomic E-state index is 11.0. The van der Waals surface area contributed by atoms with Crippen molar-refractivity contribution >= 4 is 5.91 Å². The molecule has 74 valence electrons. The third-order valence-corrected chi connectivity index (χ3v) is 2.55. The monoisotopic (exact) mass is 186 g/mol. The Bertz CT molecular complexity index is 210. The molecule has 2 saturated heterocycles. The maximum atomic E-state index is 11.0. The van der Waals surface area contributed by atoms with Crippen LogP contribution in [0.25, 0.3) is 0 Å². The minimum Gasteiger partial charge on any atom is -0.366 e. The van der Waals surface area contributed by atoms with Gasteiger partial charge in [0.1, 0.15) is 6.61 Å². The highest BCUT2D eigenvalue weighted by Crippen LogP contribution is 2.16. The number of nitrogens with one attached hydrogen (secondary N) is 1. The molecule has 5 nitrogen and oxygen atoms in total. The molecule has 13 heavy (non-hydrogen) atoms. The van der Waals surface area contributed by atoms with Gasteiger partial charge in [-0.2, -0.15) is 5.06 Å². The predicted octanol–water partition coefficient (Wildman–Crippen LogP) is -0.863. The molecule has 0 aromatic rings. The predicted molar refractivity (Wildman–Crippen MR) is 44.9 cm³/mol. The lowest BCUT2D eigenvalue weighted by Gasteiger charge is -2.39. The first kappa shape index (κ1) is 8.93. The lowest BCUT2D eigenvalue weighted by atomic mass is 10.0. The molecule has 0 bridgehead atoms. The third-order valence-electron chi connectivity index (χ3n) is 2.55. The van der Waals surface area contributed by atoms with E-state index in [1.54, 1.807) is 7.11 Å². The standard InChI is InChI=1S/C8H14N2O3/c1-12-10-3-2-7-6(4-10)9-8(11)5-13-7/h6-7H,2-5H2,1H3,(H,9,11)/t6-,7+/m1/s1. The Labute approximate surface area is 76.9 Å². The highest BCUT2D eigenvalue weighted by atomic mass is 16.7. The molecule has 2 heterocycles. The van der Waals surface area contributed by atoms with Crippen LogP contribution < -0.4 is 5.32 Å². The van der Waals surface area contributed by atoms with E-state index >= 15 is 0 Å². The number of morpholine rings is 1. The van der Waals surface area contributed by atoms with Crippen LogP contribution in [0.3, 0.4) is 0 Å². The number of nitrogens with zero attached hydrogens (tertiary/aromatic N) is 1. The molecule has 2 fully saturated rings. The van der Waals surface area contributed by atoms with Gasteiger partial charge in [-0.15, -0.1) is 0 Å². The molecular weight excluding hydrogens is 172 g/mol. The van der Waals surface area contributed by atoms with Crippen molar-refractivity contribution in [1.29, 1.82) is 0 Å². The molecule has 0 spiro atoms. The van der Waals surface area contributed by atoms with Crippen LogP contribution in [0.2, 0.25) is 0 Å². The normalized spacial score (nSPS) is 35.3. The quantitative estimate of drug-likeness (QED) is 0.579. The molecule has 0 saturated carbocycles. The summed E-state index contributed by atoms with van der Waals surface area (Å²) in [6, 6.07) is 0.0925. The van der Waals surface area contributed by atoms with Crippen molar-refractivity contribution in [3.8, 4) is 0 Å². The fraction of sp³-hybridized carbons (Fsp3) is 0.875. The van der Waals surface area contributed by atoms with Gasteiger partial charge in [-0.3, -0.25) is 4.79 Å². The fourth-order valence-corrected chi connectivity index (χ4v) is 1.84. The summed E-state index contributed by atoms with van der Waals surface area (Å²) in [7, 11) is 1.64. The number of carbonyl (C=O) groups excluding carboxylic acids is 1. The molecule has 5 heteroatoms. The zero-order valence-corrected chi connectivity index (χ0v) is 7.66. The lowest BCUT2D eigenvalue weighted by Crippen LogP contribution is -2.59. The van der Waals surface area contributed by atoms with Crippen LogP contribution >= 0.6 is 0 Å². The topological polar surface area (TPSA) is 50.8 Å². The smallest absolute Gasteiger partial charge is 0.246 e. The Morgan fingerprint density at radius 3 is 3.31 bits per heavy atom. The van der Waals surface area contributed by atoms with E-state index in [0.717, 1.165) is 13.0 Å². The Morgan fingerprint density at radius 1 is 1.69 bits per heavy atom. The van der Waals surface area contributed by atoms with Crippen molar-refractivity contribution in [2.24, 2.45) is 0 Å². The molecule has 0 aliphatic carbocycles. The number of carbonyl (C=O) groups is 1. The number of hydroxylamine groups is 2. The van der Waals surface area contributed by atoms with E-state index in [9.17, 15) is 4.79 Å². The SMILES string of the molecule is CON1CC[C@@H]2OCC(=O)N[C@@H]2C1. The third kappa shape index (κ3) is 1.82. The van der Waals surface area contributed by atoms with Gasteiger partial charge in [0.15, 0.2) is 0 Å². The van der Waals surface area contributed by atoms with Gasteiger partial charge in [0, 0.05) is 13.1 Å². The van der Waals surface area contributed by atoms with Gasteiger partial charge in [0.05, 0.1) is 19.3 Å². The minimum atomic E-state index is -0.0285. The van der Waals surface area contributed by atoms with Crippen LogP contribution in [-0.2, 0) is 14.4 Å². The Hall–Kier alpha value is -0.650. The molecule has 1 N–H and O–H groups in total. The molecule has 0 aromatic heterocycles. The number of hydrogen-bond donors (Lipinski definition) is 1. The Morgan fingerprint density at radius 2 is 2.54 bits per heavy atom. The van der Waals surface area contributed by atoms with E-state index in [1.807, 2.05) is 5.06 Å². The van der Waals surface area contributed by atoms with Gasteiger partial charge in [0.25, 0.3) is 0 Å². The lowest BCUT2D eigenvalue weighted by molar-refractivity contribution is -0.180. The highest BCUT2D eigenvalue weighted by molar-refractivity contribution is 5.78. The Balaban J connectivity index is 1.95. The molecule has 2 rings (SSSR count). The van der Waals surface area contributed by atoms with E-state index in [4.69, 9.17) is 9.57 Å². The van der Waals surface area contributed by atoms with Gasteiger partial charge in [0.2, 0.25) is 5.91 Å². The zero-order chi connectivity index (χ0) is 9.26. The van der Waals surface area contributed by atoms with Crippen molar-refractivity contribution in [3.05, 3.63) is 0 Å². The average molecular weight is 186 g/mol. The average Bonchev–Trinajstić information content (AvgIpc) is 2.16. The molecule has 0 aromatic carbocycles. The van der Waals surface area contributed by atoms with Crippen LogP contribution in [0, 0.1) is 0 Å². The van der Waals surface area contributed by atoms with Crippen molar-refractivity contribution in [2.45, 2.75) is 18.6 Å². The first-order valence-corrected chi connectivity index (χ1v) is 4.49. The molecule has 2 aliphatic heterocycles. The zero-order valence-electron chi connectivity index (χ0n) is 7.66. The van der Waals surface area contributed by atoms with Gasteiger partial charge in [-0.1, -0.05) is 0 Å². The van der Waals surface area contributed by atoms with Gasteiger partial charge in [-0.25, -0.2) is 0 Å². The number of amides is 1. The largest absolute Gasteiger partial charge is 0.366 e. The van der Waals surface area contributed by atoms with E-state index in [0.29, 0.717) is 6.54 Å². The van der Waals surface area contributed by atoms with Gasteiger partial charge >= 0.3 is 0 Å². The first-order valence-electron chi connectivity index (χ1n) is 4.49. The van der Waals surface area contributed by atoms with E-state index in [2.05, 4.69) is 5.32 Å². The summed E-state index contributed by atoms with van der Waals surface area (Å²) in [5.74, 6) is -0.0285. The van der Waals surface area contributed by atoms with Crippen molar-refractivity contribution in [2.75, 3.05) is 26.8 Å². The summed E-state index contributed by atoms with van der Waals surface area (Å²) < 4.78 is 5.39. The summed E-state index contributed by atoms with van der Waals surface area (Å²) >= 11 is 0. The Kier molecular flexibility index (Phi) is 2.48. The van der Waals surface area contributed by atoms with Crippen molar-refractivity contribution < 1.29 is 14.4 Å². The van der Waals surface area contributed by atoms with Crippen molar-refractivity contribution in [1.82, 2.24) is 10.4 Å². The highest BCUT2D eigenvalue weighted by Gasteiger charge is 2.34. The summed E-state index contributed by atoms with van der Waals surface area (Å²) in [6.45, 7) is 1.79. The number of fused-ring (bicyclic) bond motifs is 1. The van der Waals surface area contributed by atoms with Crippen LogP contribution in [-0.4, -0.2) is 49.9 Å². The summed E-state index contributed by atoms with van der Waals surface area (Å²) in [6.07, 6.45) is 1.09.